The van der Waals surface area contributed by atoms with Crippen LogP contribution in [-0.4, -0.2) is 28.5 Å². The van der Waals surface area contributed by atoms with Crippen LogP contribution in [0.25, 0.3) is 10.6 Å². The third-order valence-electron chi connectivity index (χ3n) is 6.31. The van der Waals surface area contributed by atoms with Crippen molar-refractivity contribution in [2.24, 2.45) is 5.92 Å². The molecule has 2 aromatic rings. The molecule has 2 aliphatic heterocycles. The molecule has 2 bridgehead atoms. The quantitative estimate of drug-likeness (QED) is 0.798. The van der Waals surface area contributed by atoms with Gasteiger partial charge in [-0.15, -0.1) is 11.3 Å². The van der Waals surface area contributed by atoms with Crippen LogP contribution in [0.2, 0.25) is 0 Å². The standard InChI is InChI=1S/C21H24FN3OS/c22-15-8-6-14(7-9-15)20-23-17-2-1-3-18(19(17)27-20)24-21(26)25-12-13-4-10-16(25)11-5-13/h6-9,13,16,18H,1-5,10-12H2,(H,24,26). The maximum atomic E-state index is 13.2. The van der Waals surface area contributed by atoms with Crippen LogP contribution in [-0.2, 0) is 6.42 Å². The highest BCUT2D eigenvalue weighted by Gasteiger charge is 2.37. The normalized spacial score (nSPS) is 26.7. The maximum Gasteiger partial charge on any atom is 0.318 e. The number of aromatic nitrogens is 1. The lowest BCUT2D eigenvalue weighted by Crippen LogP contribution is -2.54. The van der Waals surface area contributed by atoms with Crippen LogP contribution in [0, 0.1) is 11.7 Å². The van der Waals surface area contributed by atoms with Crippen molar-refractivity contribution in [3.63, 3.8) is 0 Å². The van der Waals surface area contributed by atoms with E-state index in [1.165, 1.54) is 29.9 Å². The van der Waals surface area contributed by atoms with Gasteiger partial charge in [0.2, 0.25) is 0 Å². The molecule has 1 unspecified atom stereocenters. The summed E-state index contributed by atoms with van der Waals surface area (Å²) in [5.41, 5.74) is 2.03. The number of benzene rings is 1. The molecule has 0 radical (unpaired) electrons. The number of hydrogen-bond donors (Lipinski definition) is 1. The van der Waals surface area contributed by atoms with Crippen LogP contribution >= 0.6 is 11.3 Å². The molecule has 0 spiro atoms. The van der Waals surface area contributed by atoms with Gasteiger partial charge < -0.3 is 10.2 Å². The Hall–Kier alpha value is -1.95. The Morgan fingerprint density at radius 2 is 1.93 bits per heavy atom. The number of nitrogens with one attached hydrogen (secondary N) is 1. The summed E-state index contributed by atoms with van der Waals surface area (Å²) in [7, 11) is 0. The van der Waals surface area contributed by atoms with E-state index in [1.807, 2.05) is 0 Å². The highest BCUT2D eigenvalue weighted by molar-refractivity contribution is 7.15. The number of urea groups is 1. The summed E-state index contributed by atoms with van der Waals surface area (Å²) < 4.78 is 13.2. The van der Waals surface area contributed by atoms with Crippen LogP contribution in [0.3, 0.4) is 0 Å². The monoisotopic (exact) mass is 385 g/mol. The van der Waals surface area contributed by atoms with E-state index in [9.17, 15) is 9.18 Å². The largest absolute Gasteiger partial charge is 0.330 e. The second-order valence-electron chi connectivity index (χ2n) is 8.06. The minimum Gasteiger partial charge on any atom is -0.330 e. The fourth-order valence-corrected chi connectivity index (χ4v) is 6.02. The van der Waals surface area contributed by atoms with Gasteiger partial charge in [-0.2, -0.15) is 0 Å². The summed E-state index contributed by atoms with van der Waals surface area (Å²) in [5.74, 6) is 0.456. The first-order chi connectivity index (χ1) is 13.2. The number of carbonyl (C=O) groups excluding carboxylic acids is 1. The third-order valence-corrected chi connectivity index (χ3v) is 7.57. The van der Waals surface area contributed by atoms with Crippen molar-refractivity contribution < 1.29 is 9.18 Å². The van der Waals surface area contributed by atoms with Crippen molar-refractivity contribution in [3.05, 3.63) is 40.7 Å². The van der Waals surface area contributed by atoms with Gasteiger partial charge in [-0.1, -0.05) is 0 Å². The van der Waals surface area contributed by atoms with Gasteiger partial charge in [-0.3, -0.25) is 0 Å². The van der Waals surface area contributed by atoms with Gasteiger partial charge in [0.15, 0.2) is 0 Å². The number of thiazole rings is 1. The molecule has 3 fully saturated rings. The van der Waals surface area contributed by atoms with Crippen molar-refractivity contribution in [1.82, 2.24) is 15.2 Å². The first kappa shape index (κ1) is 17.2. The number of hydrogen-bond acceptors (Lipinski definition) is 3. The predicted molar refractivity (Wildman–Crippen MR) is 104 cm³/mol. The number of rotatable bonds is 2. The van der Waals surface area contributed by atoms with Crippen molar-refractivity contribution in [2.75, 3.05) is 6.54 Å². The van der Waals surface area contributed by atoms with Gasteiger partial charge in [0, 0.05) is 18.2 Å². The number of carbonyl (C=O) groups is 1. The molecule has 4 nitrogen and oxygen atoms in total. The highest BCUT2D eigenvalue weighted by atomic mass is 32.1. The zero-order valence-electron chi connectivity index (χ0n) is 15.3. The molecule has 1 aromatic carbocycles. The summed E-state index contributed by atoms with van der Waals surface area (Å²) in [5, 5.41) is 4.22. The molecule has 2 aliphatic carbocycles. The van der Waals surface area contributed by atoms with Crippen molar-refractivity contribution in [1.29, 1.82) is 0 Å². The van der Waals surface area contributed by atoms with Crippen molar-refractivity contribution in [3.8, 4) is 10.6 Å². The van der Waals surface area contributed by atoms with Gasteiger partial charge in [-0.05, 0) is 75.1 Å². The van der Waals surface area contributed by atoms with Crippen LogP contribution < -0.4 is 5.32 Å². The summed E-state index contributed by atoms with van der Waals surface area (Å²) in [6.45, 7) is 0.916. The van der Waals surface area contributed by atoms with Gasteiger partial charge in [0.05, 0.1) is 16.6 Å². The van der Waals surface area contributed by atoms with E-state index in [2.05, 4.69) is 10.2 Å². The molecule has 3 heterocycles. The van der Waals surface area contributed by atoms with Crippen LogP contribution in [0.5, 0.6) is 0 Å². The molecule has 1 atom stereocenters. The zero-order chi connectivity index (χ0) is 18.4. The van der Waals surface area contributed by atoms with Crippen molar-refractivity contribution in [2.45, 2.75) is 57.0 Å². The van der Waals surface area contributed by atoms with E-state index < -0.39 is 0 Å². The Bertz CT molecular complexity index is 842. The Kier molecular flexibility index (Phi) is 4.38. The minimum absolute atomic E-state index is 0.0494. The Morgan fingerprint density at radius 3 is 2.63 bits per heavy atom. The molecule has 6 rings (SSSR count). The number of amides is 2. The zero-order valence-corrected chi connectivity index (χ0v) is 16.1. The molecular formula is C21H24FN3OS. The van der Waals surface area contributed by atoms with E-state index in [1.54, 1.807) is 23.5 Å². The Labute approximate surface area is 162 Å². The molecule has 27 heavy (non-hydrogen) atoms. The summed E-state index contributed by atoms with van der Waals surface area (Å²) in [6.07, 6.45) is 7.82. The molecular weight excluding hydrogens is 361 g/mol. The SMILES string of the molecule is O=C(NC1CCCc2nc(-c3ccc(F)cc3)sc21)N1CC2CCC1CC2. The molecule has 1 saturated carbocycles. The van der Waals surface area contributed by atoms with Gasteiger partial charge in [0.25, 0.3) is 0 Å². The summed E-state index contributed by atoms with van der Waals surface area (Å²) in [6, 6.07) is 7.07. The van der Waals surface area contributed by atoms with Gasteiger partial charge in [0.1, 0.15) is 10.8 Å². The summed E-state index contributed by atoms with van der Waals surface area (Å²) >= 11 is 1.64. The molecule has 2 saturated heterocycles. The van der Waals surface area contributed by atoms with E-state index in [0.717, 1.165) is 54.9 Å². The topological polar surface area (TPSA) is 45.2 Å². The van der Waals surface area contributed by atoms with E-state index >= 15 is 0 Å². The Morgan fingerprint density at radius 1 is 1.15 bits per heavy atom. The molecule has 142 valence electrons. The lowest BCUT2D eigenvalue weighted by Gasteiger charge is -2.45. The average Bonchev–Trinajstić information content (AvgIpc) is 3.15. The number of aryl methyl sites for hydroxylation is 1. The number of piperidine rings is 2. The number of fused-ring (bicyclic) bond motifs is 4. The van der Waals surface area contributed by atoms with E-state index in [0.29, 0.717) is 12.0 Å². The minimum atomic E-state index is -0.235. The number of nitrogens with zero attached hydrogens (tertiary/aromatic N) is 2. The maximum absolute atomic E-state index is 13.2. The lowest BCUT2D eigenvalue weighted by molar-refractivity contribution is 0.0730. The van der Waals surface area contributed by atoms with Crippen LogP contribution in [0.1, 0.15) is 55.1 Å². The first-order valence-electron chi connectivity index (χ1n) is 10.00. The second-order valence-corrected chi connectivity index (χ2v) is 9.09. The van der Waals surface area contributed by atoms with Crippen LogP contribution in [0.4, 0.5) is 9.18 Å². The van der Waals surface area contributed by atoms with Crippen LogP contribution in [0.15, 0.2) is 24.3 Å². The second kappa shape index (κ2) is 6.89. The first-order valence-corrected chi connectivity index (χ1v) is 10.8. The van der Waals surface area contributed by atoms with Gasteiger partial charge in [-0.25, -0.2) is 14.2 Å². The highest BCUT2D eigenvalue weighted by Crippen LogP contribution is 2.39. The fraction of sp³-hybridized carbons (Fsp3) is 0.524. The fourth-order valence-electron chi connectivity index (χ4n) is 4.82. The molecule has 4 aliphatic rings. The summed E-state index contributed by atoms with van der Waals surface area (Å²) in [4.78, 5) is 21.0. The Balaban J connectivity index is 1.35. The smallest absolute Gasteiger partial charge is 0.318 e. The van der Waals surface area contributed by atoms with Gasteiger partial charge >= 0.3 is 6.03 Å². The molecule has 1 aromatic heterocycles. The average molecular weight is 386 g/mol. The number of halogens is 1. The molecule has 1 N–H and O–H groups in total. The predicted octanol–water partition coefficient (Wildman–Crippen LogP) is 4.91. The van der Waals surface area contributed by atoms with Crippen molar-refractivity contribution >= 4 is 17.4 Å². The van der Waals surface area contributed by atoms with E-state index in [-0.39, 0.29) is 17.9 Å². The molecule has 2 amide bonds. The third kappa shape index (κ3) is 3.24. The lowest BCUT2D eigenvalue weighted by atomic mass is 9.80. The van der Waals surface area contributed by atoms with E-state index in [4.69, 9.17) is 4.98 Å². The molecule has 6 heteroatoms.